The van der Waals surface area contributed by atoms with Gasteiger partial charge in [0.25, 0.3) is 0 Å². The second-order valence-electron chi connectivity index (χ2n) is 8.20. The maximum atomic E-state index is 12.6. The Kier molecular flexibility index (Phi) is 8.66. The maximum Gasteiger partial charge on any atom is 0.337 e. The van der Waals surface area contributed by atoms with Crippen molar-refractivity contribution in [1.82, 2.24) is 0 Å². The van der Waals surface area contributed by atoms with E-state index in [1.54, 1.807) is 12.1 Å². The largest absolute Gasteiger partial charge is 0.478 e. The second kappa shape index (κ2) is 11.7. The fourth-order valence-corrected chi connectivity index (χ4v) is 4.96. The molecule has 3 rings (SSSR count). The molecule has 0 atom stereocenters. The summed E-state index contributed by atoms with van der Waals surface area (Å²) in [5.74, 6) is -1.19. The van der Waals surface area contributed by atoms with Gasteiger partial charge in [-0.1, -0.05) is 99.7 Å². The molecule has 0 aliphatic rings. The SMILES string of the molecule is CCCCCCCCS(=O)(=O)Nc1cc(-c2ccc(-c3ccccc3)cc2)ccc1C(=O)O. The third-order valence-corrected chi connectivity index (χ3v) is 6.96. The molecule has 3 aromatic rings. The fourth-order valence-electron chi connectivity index (χ4n) is 3.77. The normalized spacial score (nSPS) is 11.3. The summed E-state index contributed by atoms with van der Waals surface area (Å²) in [5, 5.41) is 9.55. The van der Waals surface area contributed by atoms with Gasteiger partial charge in [-0.15, -0.1) is 0 Å². The Balaban J connectivity index is 1.76. The number of carboxylic acid groups (broad SMARTS) is 1. The minimum Gasteiger partial charge on any atom is -0.478 e. The topological polar surface area (TPSA) is 83.5 Å². The van der Waals surface area contributed by atoms with E-state index < -0.39 is 16.0 Å². The number of hydrogen-bond acceptors (Lipinski definition) is 3. The number of rotatable bonds is 12. The zero-order valence-corrected chi connectivity index (χ0v) is 19.8. The quantitative estimate of drug-likeness (QED) is 0.287. The van der Waals surface area contributed by atoms with Crippen LogP contribution in [0.3, 0.4) is 0 Å². The van der Waals surface area contributed by atoms with Crippen molar-refractivity contribution in [1.29, 1.82) is 0 Å². The monoisotopic (exact) mass is 465 g/mol. The second-order valence-corrected chi connectivity index (χ2v) is 10.0. The predicted molar refractivity (Wildman–Crippen MR) is 135 cm³/mol. The van der Waals surface area contributed by atoms with E-state index in [2.05, 4.69) is 11.6 Å². The van der Waals surface area contributed by atoms with Crippen LogP contribution in [-0.2, 0) is 10.0 Å². The highest BCUT2D eigenvalue weighted by atomic mass is 32.2. The number of carbonyl (C=O) groups is 1. The van der Waals surface area contributed by atoms with Crippen LogP contribution in [0, 0.1) is 0 Å². The molecule has 0 bridgehead atoms. The molecule has 0 amide bonds. The van der Waals surface area contributed by atoms with Crippen LogP contribution in [0.2, 0.25) is 0 Å². The minimum atomic E-state index is -3.64. The summed E-state index contributed by atoms with van der Waals surface area (Å²) in [6.45, 7) is 2.14. The molecule has 0 aliphatic heterocycles. The van der Waals surface area contributed by atoms with E-state index in [1.807, 2.05) is 54.6 Å². The van der Waals surface area contributed by atoms with Crippen LogP contribution in [0.1, 0.15) is 55.8 Å². The van der Waals surface area contributed by atoms with Crippen LogP contribution < -0.4 is 4.72 Å². The Hall–Kier alpha value is -3.12. The van der Waals surface area contributed by atoms with Gasteiger partial charge >= 0.3 is 5.97 Å². The van der Waals surface area contributed by atoms with Gasteiger partial charge in [-0.2, -0.15) is 0 Å². The van der Waals surface area contributed by atoms with E-state index in [4.69, 9.17) is 0 Å². The number of unbranched alkanes of at least 4 members (excludes halogenated alkanes) is 5. The molecule has 0 heterocycles. The Morgan fingerprint density at radius 2 is 1.30 bits per heavy atom. The number of benzene rings is 3. The molecule has 0 aliphatic carbocycles. The number of hydrogen-bond donors (Lipinski definition) is 2. The average molecular weight is 466 g/mol. The number of sulfonamides is 1. The molecule has 3 aromatic carbocycles. The van der Waals surface area contributed by atoms with Gasteiger partial charge in [0, 0.05) is 0 Å². The van der Waals surface area contributed by atoms with Crippen molar-refractivity contribution in [2.45, 2.75) is 45.4 Å². The van der Waals surface area contributed by atoms with Gasteiger partial charge < -0.3 is 5.11 Å². The first-order valence-corrected chi connectivity index (χ1v) is 13.1. The summed E-state index contributed by atoms with van der Waals surface area (Å²) in [6.07, 6.45) is 5.83. The number of nitrogens with one attached hydrogen (secondary N) is 1. The minimum absolute atomic E-state index is 0.0197. The number of carboxylic acids is 1. The maximum absolute atomic E-state index is 12.6. The highest BCUT2D eigenvalue weighted by Gasteiger charge is 2.17. The molecular formula is C27H31NO4S. The molecule has 2 N–H and O–H groups in total. The van der Waals surface area contributed by atoms with Crippen LogP contribution >= 0.6 is 0 Å². The Morgan fingerprint density at radius 1 is 0.758 bits per heavy atom. The van der Waals surface area contributed by atoms with Crippen LogP contribution in [0.4, 0.5) is 5.69 Å². The Labute approximate surface area is 196 Å². The smallest absolute Gasteiger partial charge is 0.337 e. The molecule has 6 heteroatoms. The predicted octanol–water partition coefficient (Wildman–Crippen LogP) is 6.82. The van der Waals surface area contributed by atoms with Crippen LogP contribution in [0.5, 0.6) is 0 Å². The lowest BCUT2D eigenvalue weighted by Gasteiger charge is -2.13. The molecule has 0 spiro atoms. The average Bonchev–Trinajstić information content (AvgIpc) is 2.81. The highest BCUT2D eigenvalue weighted by Crippen LogP contribution is 2.29. The van der Waals surface area contributed by atoms with E-state index in [1.165, 1.54) is 6.07 Å². The molecule has 0 radical (unpaired) electrons. The van der Waals surface area contributed by atoms with Crippen LogP contribution in [0.15, 0.2) is 72.8 Å². The van der Waals surface area contributed by atoms with Gasteiger partial charge in [-0.3, -0.25) is 4.72 Å². The molecular weight excluding hydrogens is 434 g/mol. The number of anilines is 1. The zero-order chi connectivity index (χ0) is 23.7. The van der Waals surface area contributed by atoms with Crippen LogP contribution in [0.25, 0.3) is 22.3 Å². The first kappa shape index (κ1) is 24.5. The summed E-state index contributed by atoms with van der Waals surface area (Å²) in [6, 6.07) is 22.7. The molecule has 0 saturated carbocycles. The van der Waals surface area contributed by atoms with Crippen molar-refractivity contribution in [3.8, 4) is 22.3 Å². The third-order valence-electron chi connectivity index (χ3n) is 5.61. The van der Waals surface area contributed by atoms with Gasteiger partial charge in [0.05, 0.1) is 17.0 Å². The summed E-state index contributed by atoms with van der Waals surface area (Å²) in [7, 11) is -3.64. The fraction of sp³-hybridized carbons (Fsp3) is 0.296. The van der Waals surface area contributed by atoms with E-state index in [-0.39, 0.29) is 17.0 Å². The standard InChI is InChI=1S/C27H31NO4S/c1-2-3-4-5-6-10-19-33(31,32)28-26-20-24(17-18-25(26)27(29)30)23-15-13-22(14-16-23)21-11-8-7-9-12-21/h7-9,11-18,20,28H,2-6,10,19H2,1H3,(H,29,30). The van der Waals surface area contributed by atoms with Gasteiger partial charge in [-0.05, 0) is 40.8 Å². The Morgan fingerprint density at radius 3 is 1.94 bits per heavy atom. The van der Waals surface area contributed by atoms with Crippen molar-refractivity contribution in [3.05, 3.63) is 78.4 Å². The lowest BCUT2D eigenvalue weighted by atomic mass is 9.99. The molecule has 33 heavy (non-hydrogen) atoms. The van der Waals surface area contributed by atoms with E-state index in [0.29, 0.717) is 6.42 Å². The first-order chi connectivity index (χ1) is 15.9. The molecule has 0 aromatic heterocycles. The third kappa shape index (κ3) is 7.19. The highest BCUT2D eigenvalue weighted by molar-refractivity contribution is 7.92. The van der Waals surface area contributed by atoms with Crippen molar-refractivity contribution < 1.29 is 18.3 Å². The van der Waals surface area contributed by atoms with E-state index in [9.17, 15) is 18.3 Å². The molecule has 0 fully saturated rings. The van der Waals surface area contributed by atoms with Gasteiger partial charge in [0.15, 0.2) is 0 Å². The van der Waals surface area contributed by atoms with Crippen molar-refractivity contribution in [2.24, 2.45) is 0 Å². The lowest BCUT2D eigenvalue weighted by molar-refractivity contribution is 0.0698. The van der Waals surface area contributed by atoms with Crippen molar-refractivity contribution in [2.75, 3.05) is 10.5 Å². The summed E-state index contributed by atoms with van der Waals surface area (Å²) >= 11 is 0. The molecule has 5 nitrogen and oxygen atoms in total. The first-order valence-electron chi connectivity index (χ1n) is 11.4. The van der Waals surface area contributed by atoms with Gasteiger partial charge in [0.1, 0.15) is 0 Å². The van der Waals surface area contributed by atoms with E-state index >= 15 is 0 Å². The van der Waals surface area contributed by atoms with Gasteiger partial charge in [0.2, 0.25) is 10.0 Å². The van der Waals surface area contributed by atoms with Crippen molar-refractivity contribution in [3.63, 3.8) is 0 Å². The van der Waals surface area contributed by atoms with Crippen LogP contribution in [-0.4, -0.2) is 25.2 Å². The lowest BCUT2D eigenvalue weighted by Crippen LogP contribution is -2.18. The summed E-state index contributed by atoms with van der Waals surface area (Å²) < 4.78 is 27.7. The van der Waals surface area contributed by atoms with Gasteiger partial charge in [-0.25, -0.2) is 13.2 Å². The zero-order valence-electron chi connectivity index (χ0n) is 19.0. The molecule has 0 saturated heterocycles. The Bertz CT molecular complexity index is 1160. The molecule has 174 valence electrons. The number of aromatic carboxylic acids is 1. The molecule has 0 unspecified atom stereocenters. The van der Waals surface area contributed by atoms with E-state index in [0.717, 1.165) is 54.4 Å². The summed E-state index contributed by atoms with van der Waals surface area (Å²) in [5.41, 5.74) is 3.83. The van der Waals surface area contributed by atoms with Crippen molar-refractivity contribution >= 4 is 21.7 Å². The summed E-state index contributed by atoms with van der Waals surface area (Å²) in [4.78, 5) is 11.7.